The first-order chi connectivity index (χ1) is 17.7. The largest absolute Gasteiger partial charge is 0.573 e. The molecule has 0 radical (unpaired) electrons. The molecule has 6 nitrogen and oxygen atoms in total. The molecule has 1 aliphatic rings. The second-order valence-corrected chi connectivity index (χ2v) is 8.88. The number of pyridine rings is 1. The molecule has 37 heavy (non-hydrogen) atoms. The van der Waals surface area contributed by atoms with Crippen LogP contribution >= 0.6 is 11.6 Å². The number of alkyl halides is 3. The predicted octanol–water partition coefficient (Wildman–Crippen LogP) is 6.23. The van der Waals surface area contributed by atoms with Crippen molar-refractivity contribution in [3.63, 3.8) is 0 Å². The Morgan fingerprint density at radius 2 is 1.76 bits per heavy atom. The zero-order chi connectivity index (χ0) is 26.0. The van der Waals surface area contributed by atoms with Crippen LogP contribution in [0, 0.1) is 0 Å². The normalized spacial score (nSPS) is 15.5. The van der Waals surface area contributed by atoms with Gasteiger partial charge in [-0.25, -0.2) is 0 Å². The van der Waals surface area contributed by atoms with Gasteiger partial charge in [0, 0.05) is 16.1 Å². The molecule has 0 spiro atoms. The van der Waals surface area contributed by atoms with Gasteiger partial charge in [-0.3, -0.25) is 14.8 Å². The van der Waals surface area contributed by atoms with E-state index in [4.69, 9.17) is 21.7 Å². The number of hydrazone groups is 1. The molecular formula is C27H20ClF3N4O2. The maximum atomic E-state index is 12.7. The molecule has 0 aliphatic carbocycles. The number of rotatable bonds is 6. The van der Waals surface area contributed by atoms with E-state index in [1.165, 1.54) is 12.1 Å². The molecule has 2 heterocycles. The fraction of sp³-hybridized carbons (Fsp3) is 0.148. The summed E-state index contributed by atoms with van der Waals surface area (Å²) in [7, 11) is 0. The molecule has 10 heteroatoms. The smallest absolute Gasteiger partial charge is 0.406 e. The molecule has 0 fully saturated rings. The van der Waals surface area contributed by atoms with E-state index in [-0.39, 0.29) is 24.1 Å². The van der Waals surface area contributed by atoms with Crippen molar-refractivity contribution in [2.75, 3.05) is 18.4 Å². The number of hydrogen-bond acceptors (Lipinski definition) is 5. The Balaban J connectivity index is 1.33. The molecule has 1 unspecified atom stereocenters. The maximum absolute atomic E-state index is 12.7. The van der Waals surface area contributed by atoms with Gasteiger partial charge in [-0.2, -0.15) is 5.10 Å². The lowest BCUT2D eigenvalue weighted by atomic mass is 9.93. The third-order valence-corrected chi connectivity index (χ3v) is 6.01. The van der Waals surface area contributed by atoms with Crippen molar-refractivity contribution >= 4 is 39.8 Å². The van der Waals surface area contributed by atoms with E-state index < -0.39 is 6.36 Å². The van der Waals surface area contributed by atoms with Gasteiger partial charge in [0.05, 0.1) is 29.4 Å². The Morgan fingerprint density at radius 3 is 2.49 bits per heavy atom. The van der Waals surface area contributed by atoms with Crippen molar-refractivity contribution in [1.82, 2.24) is 9.99 Å². The van der Waals surface area contributed by atoms with E-state index in [1.807, 2.05) is 60.7 Å². The van der Waals surface area contributed by atoms with Gasteiger partial charge in [0.25, 0.3) is 0 Å². The average molecular weight is 525 g/mol. The molecule has 0 bridgehead atoms. The standard InChI is InChI=1S/C27H20ClF3N4O2/c28-19-8-6-17-7-13-23(33-24(17)14-19)22-15-35(34-26(22)18-4-2-1-3-5-18)16-25(36)32-20-9-11-21(12-10-20)37-27(29,30)31/h1-14,22H,15-16H2,(H,32,36). The van der Waals surface area contributed by atoms with Crippen molar-refractivity contribution in [3.8, 4) is 5.75 Å². The van der Waals surface area contributed by atoms with Crippen LogP contribution < -0.4 is 10.1 Å². The van der Waals surface area contributed by atoms with Crippen molar-refractivity contribution in [2.45, 2.75) is 12.3 Å². The Hall–Kier alpha value is -4.11. The van der Waals surface area contributed by atoms with Gasteiger partial charge in [0.15, 0.2) is 0 Å². The highest BCUT2D eigenvalue weighted by atomic mass is 35.5. The average Bonchev–Trinajstić information content (AvgIpc) is 3.28. The number of hydrogen-bond donors (Lipinski definition) is 1. The van der Waals surface area contributed by atoms with Gasteiger partial charge < -0.3 is 10.1 Å². The Morgan fingerprint density at radius 1 is 1.03 bits per heavy atom. The molecule has 0 saturated heterocycles. The van der Waals surface area contributed by atoms with Gasteiger partial charge in [-0.05, 0) is 48.0 Å². The summed E-state index contributed by atoms with van der Waals surface area (Å²) in [5.41, 5.74) is 3.63. The minimum Gasteiger partial charge on any atom is -0.406 e. The quantitative estimate of drug-likeness (QED) is 0.325. The predicted molar refractivity (Wildman–Crippen MR) is 136 cm³/mol. The van der Waals surface area contributed by atoms with Crippen molar-refractivity contribution < 1.29 is 22.7 Å². The summed E-state index contributed by atoms with van der Waals surface area (Å²) >= 11 is 6.17. The Bertz CT molecular complexity index is 1460. The second-order valence-electron chi connectivity index (χ2n) is 8.44. The summed E-state index contributed by atoms with van der Waals surface area (Å²) in [6, 6.07) is 24.1. The minimum absolute atomic E-state index is 0.0486. The molecule has 0 saturated carbocycles. The maximum Gasteiger partial charge on any atom is 0.573 e. The highest BCUT2D eigenvalue weighted by Gasteiger charge is 2.32. The summed E-state index contributed by atoms with van der Waals surface area (Å²) in [5.74, 6) is -0.911. The minimum atomic E-state index is -4.78. The number of nitrogens with one attached hydrogen (secondary N) is 1. The molecule has 1 atom stereocenters. The van der Waals surface area contributed by atoms with Crippen LogP contribution in [0.3, 0.4) is 0 Å². The zero-order valence-corrected chi connectivity index (χ0v) is 20.0. The molecule has 1 amide bonds. The van der Waals surface area contributed by atoms with E-state index in [9.17, 15) is 18.0 Å². The molecule has 1 aliphatic heterocycles. The van der Waals surface area contributed by atoms with Gasteiger partial charge in [0.1, 0.15) is 12.3 Å². The monoisotopic (exact) mass is 524 g/mol. The van der Waals surface area contributed by atoms with E-state index >= 15 is 0 Å². The van der Waals surface area contributed by atoms with Crippen LogP contribution in [0.15, 0.2) is 90.0 Å². The van der Waals surface area contributed by atoms with Crippen LogP contribution in [-0.4, -0.2) is 41.1 Å². The number of aromatic nitrogens is 1. The third kappa shape index (κ3) is 6.00. The lowest BCUT2D eigenvalue weighted by molar-refractivity contribution is -0.274. The fourth-order valence-corrected chi connectivity index (χ4v) is 4.33. The molecular weight excluding hydrogens is 505 g/mol. The van der Waals surface area contributed by atoms with E-state index in [0.717, 1.165) is 40.0 Å². The van der Waals surface area contributed by atoms with Crippen molar-refractivity contribution in [3.05, 3.63) is 101 Å². The molecule has 188 valence electrons. The number of nitrogens with zero attached hydrogens (tertiary/aromatic N) is 3. The number of carbonyl (C=O) groups excluding carboxylic acids is 1. The molecule has 5 rings (SSSR count). The van der Waals surface area contributed by atoms with Gasteiger partial charge in [-0.1, -0.05) is 54.1 Å². The van der Waals surface area contributed by atoms with Gasteiger partial charge in [0.2, 0.25) is 5.91 Å². The molecule has 4 aromatic rings. The van der Waals surface area contributed by atoms with Crippen LogP contribution in [0.5, 0.6) is 5.75 Å². The van der Waals surface area contributed by atoms with Crippen LogP contribution in [-0.2, 0) is 4.79 Å². The van der Waals surface area contributed by atoms with Crippen LogP contribution in [0.1, 0.15) is 17.2 Å². The van der Waals surface area contributed by atoms with Gasteiger partial charge in [-0.15, -0.1) is 13.2 Å². The number of benzene rings is 3. The first-order valence-electron chi connectivity index (χ1n) is 11.3. The number of ether oxygens (including phenoxy) is 1. The Labute approximate surface area is 215 Å². The topological polar surface area (TPSA) is 66.8 Å². The fourth-order valence-electron chi connectivity index (χ4n) is 4.17. The van der Waals surface area contributed by atoms with Crippen LogP contribution in [0.4, 0.5) is 18.9 Å². The zero-order valence-electron chi connectivity index (χ0n) is 19.2. The van der Waals surface area contributed by atoms with E-state index in [2.05, 4.69) is 10.1 Å². The van der Waals surface area contributed by atoms with Gasteiger partial charge >= 0.3 is 6.36 Å². The molecule has 3 aromatic carbocycles. The summed E-state index contributed by atoms with van der Waals surface area (Å²) in [6.45, 7) is 0.377. The van der Waals surface area contributed by atoms with Crippen molar-refractivity contribution in [2.24, 2.45) is 5.10 Å². The van der Waals surface area contributed by atoms with Crippen LogP contribution in [0.2, 0.25) is 5.02 Å². The lowest BCUT2D eigenvalue weighted by Gasteiger charge is -2.16. The summed E-state index contributed by atoms with van der Waals surface area (Å²) in [6.07, 6.45) is -4.78. The Kier molecular flexibility index (Phi) is 6.71. The lowest BCUT2D eigenvalue weighted by Crippen LogP contribution is -2.29. The molecule has 1 N–H and O–H groups in total. The second kappa shape index (κ2) is 10.1. The molecule has 1 aromatic heterocycles. The SMILES string of the molecule is O=C(CN1CC(c2ccc3ccc(Cl)cc3n2)C(c2ccccc2)=N1)Nc1ccc(OC(F)(F)F)cc1. The van der Waals surface area contributed by atoms with Crippen molar-refractivity contribution in [1.29, 1.82) is 0 Å². The first-order valence-corrected chi connectivity index (χ1v) is 11.7. The van der Waals surface area contributed by atoms with Crippen LogP contribution in [0.25, 0.3) is 10.9 Å². The third-order valence-electron chi connectivity index (χ3n) is 5.77. The number of fused-ring (bicyclic) bond motifs is 1. The summed E-state index contributed by atoms with van der Waals surface area (Å²) in [5, 5.41) is 10.6. The summed E-state index contributed by atoms with van der Waals surface area (Å²) < 4.78 is 40.9. The number of halogens is 4. The highest BCUT2D eigenvalue weighted by Crippen LogP contribution is 2.30. The summed E-state index contributed by atoms with van der Waals surface area (Å²) in [4.78, 5) is 17.5. The first kappa shape index (κ1) is 24.6. The van der Waals surface area contributed by atoms with E-state index in [1.54, 1.807) is 5.01 Å². The number of anilines is 1. The number of amides is 1. The highest BCUT2D eigenvalue weighted by molar-refractivity contribution is 6.31. The van der Waals surface area contributed by atoms with E-state index in [0.29, 0.717) is 17.3 Å². The number of carbonyl (C=O) groups is 1.